The van der Waals surface area contributed by atoms with Gasteiger partial charge in [-0.25, -0.2) is 0 Å². The van der Waals surface area contributed by atoms with E-state index in [1.165, 1.54) is 12.5 Å². The number of hydrogen-bond donors (Lipinski definition) is 3. The molecule has 23 heavy (non-hydrogen) atoms. The maximum absolute atomic E-state index is 12.2. The van der Waals surface area contributed by atoms with Gasteiger partial charge in [-0.2, -0.15) is 0 Å². The summed E-state index contributed by atoms with van der Waals surface area (Å²) in [5.74, 6) is -0.533. The van der Waals surface area contributed by atoms with E-state index in [2.05, 4.69) is 10.6 Å². The van der Waals surface area contributed by atoms with Crippen molar-refractivity contribution in [3.63, 3.8) is 0 Å². The number of rotatable bonds is 6. The molecule has 2 rings (SSSR count). The molecule has 1 aromatic carbocycles. The van der Waals surface area contributed by atoms with E-state index in [0.29, 0.717) is 23.4 Å². The van der Waals surface area contributed by atoms with Crippen molar-refractivity contribution in [2.24, 2.45) is 5.73 Å². The minimum atomic E-state index is -0.926. The first kappa shape index (κ1) is 16.8. The molecule has 0 aliphatic rings. The van der Waals surface area contributed by atoms with Crippen LogP contribution in [0.2, 0.25) is 0 Å². The first-order valence-electron chi connectivity index (χ1n) is 7.46. The van der Waals surface area contributed by atoms with Crippen LogP contribution in [0.3, 0.4) is 0 Å². The Morgan fingerprint density at radius 1 is 1.22 bits per heavy atom. The van der Waals surface area contributed by atoms with E-state index in [9.17, 15) is 9.59 Å². The lowest BCUT2D eigenvalue weighted by Gasteiger charge is -2.23. The fourth-order valence-corrected chi connectivity index (χ4v) is 2.18. The van der Waals surface area contributed by atoms with Gasteiger partial charge >= 0.3 is 0 Å². The topological polar surface area (TPSA) is 97.4 Å². The first-order chi connectivity index (χ1) is 10.9. The Balaban J connectivity index is 2.05. The number of carbonyl (C=O) groups excluding carboxylic acids is 2. The van der Waals surface area contributed by atoms with Gasteiger partial charge in [-0.15, -0.1) is 0 Å². The van der Waals surface area contributed by atoms with Crippen molar-refractivity contribution in [1.82, 2.24) is 0 Å². The quantitative estimate of drug-likeness (QED) is 0.763. The molecule has 1 aromatic heterocycles. The molecular weight excluding hydrogens is 294 g/mol. The van der Waals surface area contributed by atoms with E-state index in [0.717, 1.165) is 6.42 Å². The number of nitrogens with two attached hydrogens (primary N) is 1. The van der Waals surface area contributed by atoms with E-state index in [4.69, 9.17) is 10.2 Å². The number of nitrogens with one attached hydrogen (secondary N) is 2. The second-order valence-corrected chi connectivity index (χ2v) is 5.67. The zero-order valence-electron chi connectivity index (χ0n) is 13.3. The monoisotopic (exact) mass is 315 g/mol. The van der Waals surface area contributed by atoms with Gasteiger partial charge in [0.15, 0.2) is 0 Å². The van der Waals surface area contributed by atoms with Crippen LogP contribution in [0, 0.1) is 0 Å². The molecule has 6 heteroatoms. The molecule has 0 saturated heterocycles. The number of amides is 2. The predicted molar refractivity (Wildman–Crippen MR) is 89.2 cm³/mol. The summed E-state index contributed by atoms with van der Waals surface area (Å²) in [5.41, 5.74) is 6.66. The van der Waals surface area contributed by atoms with E-state index >= 15 is 0 Å². The summed E-state index contributed by atoms with van der Waals surface area (Å²) in [4.78, 5) is 24.2. The molecule has 0 aliphatic carbocycles. The third kappa shape index (κ3) is 4.43. The van der Waals surface area contributed by atoms with Gasteiger partial charge in [0, 0.05) is 11.4 Å². The van der Waals surface area contributed by atoms with E-state index in [1.807, 2.05) is 6.92 Å². The molecule has 2 aromatic rings. The number of furan rings is 1. The van der Waals surface area contributed by atoms with Crippen molar-refractivity contribution in [2.45, 2.75) is 32.2 Å². The summed E-state index contributed by atoms with van der Waals surface area (Å²) in [6.45, 7) is 3.68. The second-order valence-electron chi connectivity index (χ2n) is 5.67. The third-order valence-corrected chi connectivity index (χ3v) is 3.45. The van der Waals surface area contributed by atoms with E-state index in [1.54, 1.807) is 37.3 Å². The first-order valence-corrected chi connectivity index (χ1v) is 7.46. The Bertz CT molecular complexity index is 678. The van der Waals surface area contributed by atoms with Gasteiger partial charge in [0.25, 0.3) is 5.91 Å². The van der Waals surface area contributed by atoms with Crippen LogP contribution in [0.15, 0.2) is 47.3 Å². The summed E-state index contributed by atoms with van der Waals surface area (Å²) in [6.07, 6.45) is 4.21. The van der Waals surface area contributed by atoms with Crippen molar-refractivity contribution in [1.29, 1.82) is 0 Å². The smallest absolute Gasteiger partial charge is 0.258 e. The minimum absolute atomic E-state index is 0.252. The maximum Gasteiger partial charge on any atom is 0.258 e. The summed E-state index contributed by atoms with van der Waals surface area (Å²) in [5, 5.41) is 5.52. The molecule has 6 nitrogen and oxygen atoms in total. The zero-order chi connectivity index (χ0) is 16.9. The average Bonchev–Trinajstić information content (AvgIpc) is 3.01. The fourth-order valence-electron chi connectivity index (χ4n) is 2.18. The minimum Gasteiger partial charge on any atom is -0.472 e. The Morgan fingerprint density at radius 3 is 2.52 bits per heavy atom. The highest BCUT2D eigenvalue weighted by Gasteiger charge is 2.27. The van der Waals surface area contributed by atoms with Crippen molar-refractivity contribution in [3.8, 4) is 0 Å². The molecule has 0 aliphatic heterocycles. The molecule has 2 amide bonds. The molecule has 0 radical (unpaired) electrons. The number of anilines is 2. The zero-order valence-corrected chi connectivity index (χ0v) is 13.3. The lowest BCUT2D eigenvalue weighted by atomic mass is 9.96. The average molecular weight is 315 g/mol. The Labute approximate surface area is 135 Å². The lowest BCUT2D eigenvalue weighted by molar-refractivity contribution is -0.120. The summed E-state index contributed by atoms with van der Waals surface area (Å²) in [6, 6.07) is 8.48. The normalized spacial score (nSPS) is 13.2. The summed E-state index contributed by atoms with van der Waals surface area (Å²) >= 11 is 0. The third-order valence-electron chi connectivity index (χ3n) is 3.45. The van der Waals surface area contributed by atoms with Crippen LogP contribution in [0.25, 0.3) is 0 Å². The highest BCUT2D eigenvalue weighted by atomic mass is 16.3. The van der Waals surface area contributed by atoms with Crippen LogP contribution in [0.5, 0.6) is 0 Å². The SMILES string of the molecule is CCCC(C)(N)C(=O)Nc1cccc(NC(=O)c2ccoc2)c1. The summed E-state index contributed by atoms with van der Waals surface area (Å²) < 4.78 is 4.88. The van der Waals surface area contributed by atoms with Crippen LogP contribution in [-0.2, 0) is 4.79 Å². The maximum atomic E-state index is 12.2. The van der Waals surface area contributed by atoms with E-state index < -0.39 is 5.54 Å². The second kappa shape index (κ2) is 7.11. The van der Waals surface area contributed by atoms with E-state index in [-0.39, 0.29) is 11.8 Å². The van der Waals surface area contributed by atoms with Gasteiger partial charge in [0.05, 0.1) is 17.4 Å². The highest BCUT2D eigenvalue weighted by Crippen LogP contribution is 2.18. The van der Waals surface area contributed by atoms with Crippen LogP contribution in [0.1, 0.15) is 37.0 Å². The van der Waals surface area contributed by atoms with Gasteiger partial charge in [-0.05, 0) is 37.6 Å². The van der Waals surface area contributed by atoms with Gasteiger partial charge in [-0.3, -0.25) is 9.59 Å². The summed E-state index contributed by atoms with van der Waals surface area (Å²) in [7, 11) is 0. The predicted octanol–water partition coefficient (Wildman–Crippen LogP) is 2.99. The lowest BCUT2D eigenvalue weighted by Crippen LogP contribution is -2.48. The molecule has 0 fully saturated rings. The van der Waals surface area contributed by atoms with Crippen LogP contribution in [0.4, 0.5) is 11.4 Å². The van der Waals surface area contributed by atoms with Crippen LogP contribution in [-0.4, -0.2) is 17.4 Å². The molecule has 0 bridgehead atoms. The van der Waals surface area contributed by atoms with Crippen molar-refractivity contribution in [2.75, 3.05) is 10.6 Å². The number of hydrogen-bond acceptors (Lipinski definition) is 4. The molecule has 0 spiro atoms. The molecule has 1 heterocycles. The number of carbonyl (C=O) groups is 2. The molecule has 1 unspecified atom stereocenters. The van der Waals surface area contributed by atoms with Gasteiger partial charge in [-0.1, -0.05) is 19.4 Å². The standard InChI is InChI=1S/C17H21N3O3/c1-3-8-17(2,18)16(22)20-14-6-4-5-13(10-14)19-15(21)12-7-9-23-11-12/h4-7,9-11H,3,8,18H2,1-2H3,(H,19,21)(H,20,22). The van der Waals surface area contributed by atoms with Gasteiger partial charge in [0.2, 0.25) is 5.91 Å². The highest BCUT2D eigenvalue weighted by molar-refractivity contribution is 6.04. The molecule has 4 N–H and O–H groups in total. The van der Waals surface area contributed by atoms with Crippen molar-refractivity contribution in [3.05, 3.63) is 48.4 Å². The molecule has 1 atom stereocenters. The van der Waals surface area contributed by atoms with Crippen molar-refractivity contribution < 1.29 is 14.0 Å². The van der Waals surface area contributed by atoms with Crippen LogP contribution < -0.4 is 16.4 Å². The number of benzene rings is 1. The van der Waals surface area contributed by atoms with Gasteiger partial charge in [0.1, 0.15) is 6.26 Å². The molecule has 0 saturated carbocycles. The van der Waals surface area contributed by atoms with Gasteiger partial charge < -0.3 is 20.8 Å². The Morgan fingerprint density at radius 2 is 1.91 bits per heavy atom. The molecular formula is C17H21N3O3. The Hall–Kier alpha value is -2.60. The largest absolute Gasteiger partial charge is 0.472 e. The van der Waals surface area contributed by atoms with Crippen LogP contribution >= 0.6 is 0 Å². The fraction of sp³-hybridized carbons (Fsp3) is 0.294. The Kier molecular flexibility index (Phi) is 5.18. The molecule has 122 valence electrons. The van der Waals surface area contributed by atoms with Crippen molar-refractivity contribution >= 4 is 23.2 Å².